The third-order valence-corrected chi connectivity index (χ3v) is 15.4. The highest BCUT2D eigenvalue weighted by molar-refractivity contribution is 5.68. The molecule has 7 rings (SSSR count). The Morgan fingerprint density at radius 3 is 2.33 bits per heavy atom. The van der Waals surface area contributed by atoms with Gasteiger partial charge in [0.1, 0.15) is 12.2 Å². The molecule has 1 amide bonds. The summed E-state index contributed by atoms with van der Waals surface area (Å²) in [6, 6.07) is 0. The van der Waals surface area contributed by atoms with E-state index < -0.39 is 23.9 Å². The van der Waals surface area contributed by atoms with Gasteiger partial charge in [-0.3, -0.25) is 0 Å². The van der Waals surface area contributed by atoms with Crippen molar-refractivity contribution in [1.29, 1.82) is 0 Å². The summed E-state index contributed by atoms with van der Waals surface area (Å²) in [5.74, 6) is 1.45. The standard InChI is InChI=1S/C35H57NO7/c1-20-18-21(27(37)31(4,5)40)42-26-25(20)32(6)12-13-35-19-34(35)11-10-24(43-29(39)36-14-16-41-17-15-36)30(2,3)22(34)8-9-23(35)33(32,7)28(26)38/h20-28,37-38,40H,8-19H2,1-7H3/t20-,21?,22+,23?,24?,25?,26?,27+,28+,32-,33-,34-,35+/m1/s1. The van der Waals surface area contributed by atoms with Crippen molar-refractivity contribution in [2.75, 3.05) is 26.3 Å². The first-order chi connectivity index (χ1) is 20.0. The van der Waals surface area contributed by atoms with Crippen LogP contribution in [0.15, 0.2) is 0 Å². The van der Waals surface area contributed by atoms with E-state index in [1.807, 2.05) is 0 Å². The van der Waals surface area contributed by atoms with Gasteiger partial charge in [0.25, 0.3) is 0 Å². The van der Waals surface area contributed by atoms with Crippen LogP contribution in [0, 0.1) is 50.7 Å². The number of amides is 1. The van der Waals surface area contributed by atoms with Crippen molar-refractivity contribution in [2.45, 2.75) is 136 Å². The van der Waals surface area contributed by atoms with E-state index in [4.69, 9.17) is 14.2 Å². The van der Waals surface area contributed by atoms with Crippen LogP contribution in [0.4, 0.5) is 4.79 Å². The van der Waals surface area contributed by atoms with Gasteiger partial charge in [0, 0.05) is 23.9 Å². The largest absolute Gasteiger partial charge is 0.446 e. The number of carbonyl (C=O) groups is 1. The van der Waals surface area contributed by atoms with E-state index in [2.05, 4.69) is 34.6 Å². The molecular weight excluding hydrogens is 546 g/mol. The number of aliphatic hydroxyl groups excluding tert-OH is 2. The summed E-state index contributed by atoms with van der Waals surface area (Å²) in [4.78, 5) is 14.9. The van der Waals surface area contributed by atoms with Gasteiger partial charge in [0.2, 0.25) is 0 Å². The monoisotopic (exact) mass is 603 g/mol. The molecule has 8 heteroatoms. The number of aliphatic hydroxyl groups is 3. The Labute approximate surface area is 258 Å². The molecule has 5 saturated carbocycles. The molecule has 5 unspecified atom stereocenters. The highest BCUT2D eigenvalue weighted by atomic mass is 16.6. The van der Waals surface area contributed by atoms with Crippen molar-refractivity contribution in [3.05, 3.63) is 0 Å². The van der Waals surface area contributed by atoms with Crippen molar-refractivity contribution in [1.82, 2.24) is 4.90 Å². The number of morpholine rings is 1. The van der Waals surface area contributed by atoms with Gasteiger partial charge in [-0.05, 0) is 105 Å². The fourth-order valence-corrected chi connectivity index (χ4v) is 13.1. The first-order valence-corrected chi connectivity index (χ1v) is 17.3. The molecule has 3 N–H and O–H groups in total. The predicted molar refractivity (Wildman–Crippen MR) is 161 cm³/mol. The lowest BCUT2D eigenvalue weighted by Gasteiger charge is -2.63. The Bertz CT molecular complexity index is 1130. The Morgan fingerprint density at radius 1 is 1.00 bits per heavy atom. The molecular formula is C35H57NO7. The van der Waals surface area contributed by atoms with Crippen LogP contribution in [0.1, 0.15) is 99.8 Å². The van der Waals surface area contributed by atoms with Crippen LogP contribution in [0.5, 0.6) is 0 Å². The Kier molecular flexibility index (Phi) is 6.82. The topological polar surface area (TPSA) is 109 Å². The zero-order valence-electron chi connectivity index (χ0n) is 27.6. The minimum Gasteiger partial charge on any atom is -0.446 e. The van der Waals surface area contributed by atoms with E-state index in [9.17, 15) is 20.1 Å². The summed E-state index contributed by atoms with van der Waals surface area (Å²) in [6.07, 6.45) is 5.77. The average molecular weight is 604 g/mol. The Hall–Kier alpha value is -0.930. The molecule has 0 bridgehead atoms. The highest BCUT2D eigenvalue weighted by Crippen LogP contribution is 2.89. The van der Waals surface area contributed by atoms with Crippen LogP contribution in [0.25, 0.3) is 0 Å². The average Bonchev–Trinajstić information content (AvgIpc) is 3.58. The fourth-order valence-electron chi connectivity index (χ4n) is 13.1. The van der Waals surface area contributed by atoms with Gasteiger partial charge in [-0.2, -0.15) is 0 Å². The van der Waals surface area contributed by atoms with Crippen LogP contribution in [-0.2, 0) is 14.2 Å². The molecule has 5 aliphatic carbocycles. The summed E-state index contributed by atoms with van der Waals surface area (Å²) in [5.41, 5.74) is -1.20. The van der Waals surface area contributed by atoms with Gasteiger partial charge in [-0.25, -0.2) is 4.79 Å². The predicted octanol–water partition coefficient (Wildman–Crippen LogP) is 4.77. The quantitative estimate of drug-likeness (QED) is 0.427. The summed E-state index contributed by atoms with van der Waals surface area (Å²) in [7, 11) is 0. The molecule has 2 saturated heterocycles. The van der Waals surface area contributed by atoms with E-state index in [1.54, 1.807) is 18.7 Å². The molecule has 13 atom stereocenters. The second-order valence-electron chi connectivity index (χ2n) is 17.6. The second kappa shape index (κ2) is 9.56. The molecule has 8 nitrogen and oxygen atoms in total. The number of hydrogen-bond acceptors (Lipinski definition) is 7. The van der Waals surface area contributed by atoms with Crippen molar-refractivity contribution < 1.29 is 34.3 Å². The highest BCUT2D eigenvalue weighted by Gasteiger charge is 2.84. The van der Waals surface area contributed by atoms with Crippen LogP contribution in [0.3, 0.4) is 0 Å². The molecule has 7 aliphatic rings. The molecule has 2 aliphatic heterocycles. The second-order valence-corrected chi connectivity index (χ2v) is 17.6. The van der Waals surface area contributed by atoms with E-state index in [1.165, 1.54) is 12.8 Å². The van der Waals surface area contributed by atoms with Gasteiger partial charge in [0.05, 0.1) is 37.1 Å². The van der Waals surface area contributed by atoms with Gasteiger partial charge >= 0.3 is 6.09 Å². The van der Waals surface area contributed by atoms with Crippen LogP contribution >= 0.6 is 0 Å². The number of rotatable bonds is 3. The molecule has 0 radical (unpaired) electrons. The lowest BCUT2D eigenvalue weighted by atomic mass is 9.41. The minimum absolute atomic E-state index is 0.0475. The fraction of sp³-hybridized carbons (Fsp3) is 0.971. The molecule has 7 fully saturated rings. The maximum absolute atomic E-state index is 13.1. The number of fused-ring (bicyclic) bond motifs is 4. The van der Waals surface area contributed by atoms with Gasteiger partial charge in [-0.15, -0.1) is 0 Å². The van der Waals surface area contributed by atoms with Crippen molar-refractivity contribution in [3.8, 4) is 0 Å². The molecule has 43 heavy (non-hydrogen) atoms. The van der Waals surface area contributed by atoms with Crippen LogP contribution in [-0.4, -0.2) is 88.7 Å². The smallest absolute Gasteiger partial charge is 0.410 e. The third kappa shape index (κ3) is 3.88. The normalized spacial score (nSPS) is 52.6. The van der Waals surface area contributed by atoms with E-state index >= 15 is 0 Å². The first kappa shape index (κ1) is 30.7. The molecule has 244 valence electrons. The van der Waals surface area contributed by atoms with E-state index in [-0.39, 0.29) is 57.2 Å². The maximum atomic E-state index is 13.1. The Balaban J connectivity index is 1.14. The first-order valence-electron chi connectivity index (χ1n) is 17.3. The third-order valence-electron chi connectivity index (χ3n) is 15.4. The van der Waals surface area contributed by atoms with Crippen molar-refractivity contribution in [3.63, 3.8) is 0 Å². The molecule has 0 aromatic rings. The lowest BCUT2D eigenvalue weighted by molar-refractivity contribution is -0.202. The summed E-state index contributed by atoms with van der Waals surface area (Å²) in [5, 5.41) is 33.9. The minimum atomic E-state index is -1.26. The number of ether oxygens (including phenoxy) is 3. The molecule has 2 spiro atoms. The summed E-state index contributed by atoms with van der Waals surface area (Å²) >= 11 is 0. The SMILES string of the molecule is C[C@@H]1CC([C@H](O)C(C)(C)O)OC2C1[C@@]1(C)CC[C@@]34C[C@@]35CCC(OC(=O)N3CCOCC3)C(C)(C)[C@@H]5CCC4[C@]1(C)[C@H]2O. The van der Waals surface area contributed by atoms with Crippen molar-refractivity contribution >= 4 is 6.09 Å². The summed E-state index contributed by atoms with van der Waals surface area (Å²) < 4.78 is 18.4. The maximum Gasteiger partial charge on any atom is 0.410 e. The molecule has 0 aromatic heterocycles. The summed E-state index contributed by atoms with van der Waals surface area (Å²) in [6.45, 7) is 17.4. The van der Waals surface area contributed by atoms with Gasteiger partial charge < -0.3 is 34.4 Å². The molecule has 0 aromatic carbocycles. The zero-order valence-corrected chi connectivity index (χ0v) is 27.6. The number of nitrogens with zero attached hydrogens (tertiary/aromatic N) is 1. The zero-order chi connectivity index (χ0) is 31.0. The van der Waals surface area contributed by atoms with Gasteiger partial charge in [-0.1, -0.05) is 34.6 Å². The van der Waals surface area contributed by atoms with Crippen LogP contribution < -0.4 is 0 Å². The van der Waals surface area contributed by atoms with E-state index in [0.29, 0.717) is 44.6 Å². The Morgan fingerprint density at radius 2 is 1.65 bits per heavy atom. The van der Waals surface area contributed by atoms with Crippen molar-refractivity contribution in [2.24, 2.45) is 50.7 Å². The van der Waals surface area contributed by atoms with Crippen LogP contribution in [0.2, 0.25) is 0 Å². The molecule has 2 heterocycles. The number of hydrogen-bond donors (Lipinski definition) is 3. The van der Waals surface area contributed by atoms with E-state index in [0.717, 1.165) is 32.1 Å². The number of carbonyl (C=O) groups excluding carboxylic acids is 1. The lowest BCUT2D eigenvalue weighted by Crippen LogP contribution is -2.60. The van der Waals surface area contributed by atoms with Gasteiger partial charge in [0.15, 0.2) is 0 Å².